The fraction of sp³-hybridized carbons (Fsp3) is 0.500. The van der Waals surface area contributed by atoms with Gasteiger partial charge >= 0.3 is 0 Å². The van der Waals surface area contributed by atoms with Gasteiger partial charge in [0.15, 0.2) is 0 Å². The van der Waals surface area contributed by atoms with E-state index in [0.717, 1.165) is 12.1 Å². The van der Waals surface area contributed by atoms with Crippen molar-refractivity contribution in [2.24, 2.45) is 0 Å². The molecule has 90 valence electrons. The van der Waals surface area contributed by atoms with Gasteiger partial charge in [0.2, 0.25) is 0 Å². The van der Waals surface area contributed by atoms with Crippen molar-refractivity contribution in [2.45, 2.75) is 13.0 Å². The lowest BCUT2D eigenvalue weighted by molar-refractivity contribution is 0.166. The number of rotatable bonds is 6. The lowest BCUT2D eigenvalue weighted by Crippen LogP contribution is -2.25. The van der Waals surface area contributed by atoms with E-state index in [1.807, 2.05) is 6.92 Å². The Kier molecular flexibility index (Phi) is 5.22. The van der Waals surface area contributed by atoms with Gasteiger partial charge in [-0.3, -0.25) is 0 Å². The van der Waals surface area contributed by atoms with Crippen molar-refractivity contribution in [3.05, 3.63) is 29.6 Å². The first-order chi connectivity index (χ1) is 7.72. The Morgan fingerprint density at radius 3 is 2.69 bits per heavy atom. The minimum absolute atomic E-state index is 0.0550. The molecule has 0 spiro atoms. The van der Waals surface area contributed by atoms with Crippen LogP contribution in [-0.2, 0) is 4.74 Å². The molecular formula is C12H18FNO2. The van der Waals surface area contributed by atoms with Crippen LogP contribution in [0.3, 0.4) is 0 Å². The van der Waals surface area contributed by atoms with E-state index in [4.69, 9.17) is 9.47 Å². The van der Waals surface area contributed by atoms with Crippen LogP contribution < -0.4 is 10.1 Å². The topological polar surface area (TPSA) is 30.5 Å². The van der Waals surface area contributed by atoms with Gasteiger partial charge in [0, 0.05) is 12.7 Å². The summed E-state index contributed by atoms with van der Waals surface area (Å²) in [6.45, 7) is 3.26. The fourth-order valence-corrected chi connectivity index (χ4v) is 1.65. The molecule has 0 amide bonds. The first-order valence-corrected chi connectivity index (χ1v) is 5.28. The number of methoxy groups -OCH3 is 2. The molecule has 0 aliphatic rings. The highest BCUT2D eigenvalue weighted by molar-refractivity contribution is 5.36. The van der Waals surface area contributed by atoms with E-state index in [-0.39, 0.29) is 11.9 Å². The molecule has 4 heteroatoms. The van der Waals surface area contributed by atoms with Gasteiger partial charge in [-0.05, 0) is 24.7 Å². The molecule has 3 nitrogen and oxygen atoms in total. The molecule has 0 radical (unpaired) electrons. The van der Waals surface area contributed by atoms with Gasteiger partial charge in [0.1, 0.15) is 11.6 Å². The second-order valence-corrected chi connectivity index (χ2v) is 3.45. The molecule has 16 heavy (non-hydrogen) atoms. The van der Waals surface area contributed by atoms with Gasteiger partial charge < -0.3 is 14.8 Å². The Balaban J connectivity index is 3.00. The second kappa shape index (κ2) is 6.45. The van der Waals surface area contributed by atoms with Crippen molar-refractivity contribution in [2.75, 3.05) is 27.4 Å². The molecule has 0 saturated heterocycles. The molecule has 0 bridgehead atoms. The lowest BCUT2D eigenvalue weighted by Gasteiger charge is -2.19. The van der Waals surface area contributed by atoms with Gasteiger partial charge in [-0.25, -0.2) is 4.39 Å². The van der Waals surface area contributed by atoms with E-state index in [2.05, 4.69) is 5.32 Å². The summed E-state index contributed by atoms with van der Waals surface area (Å²) >= 11 is 0. The molecule has 0 fully saturated rings. The monoisotopic (exact) mass is 227 g/mol. The largest absolute Gasteiger partial charge is 0.496 e. The molecule has 1 aromatic carbocycles. The smallest absolute Gasteiger partial charge is 0.123 e. The number of likely N-dealkylation sites (N-methyl/N-ethyl adjacent to an activating group) is 1. The zero-order valence-electron chi connectivity index (χ0n) is 9.92. The van der Waals surface area contributed by atoms with Crippen LogP contribution in [0.4, 0.5) is 4.39 Å². The minimum atomic E-state index is -0.269. The Bertz CT molecular complexity index is 325. The predicted octanol–water partition coefficient (Wildman–Crippen LogP) is 2.13. The van der Waals surface area contributed by atoms with Crippen molar-refractivity contribution >= 4 is 0 Å². The van der Waals surface area contributed by atoms with E-state index in [1.165, 1.54) is 12.1 Å². The number of benzene rings is 1. The molecule has 0 aliphatic heterocycles. The highest BCUT2D eigenvalue weighted by atomic mass is 19.1. The average molecular weight is 227 g/mol. The van der Waals surface area contributed by atoms with Gasteiger partial charge in [-0.1, -0.05) is 6.92 Å². The Hall–Kier alpha value is -1.13. The highest BCUT2D eigenvalue weighted by Gasteiger charge is 2.15. The number of halogens is 1. The maximum Gasteiger partial charge on any atom is 0.123 e. The van der Waals surface area contributed by atoms with E-state index < -0.39 is 0 Å². The van der Waals surface area contributed by atoms with Crippen LogP contribution >= 0.6 is 0 Å². The summed E-state index contributed by atoms with van der Waals surface area (Å²) in [5.74, 6) is 0.402. The zero-order chi connectivity index (χ0) is 12.0. The molecule has 0 saturated carbocycles. The van der Waals surface area contributed by atoms with Crippen molar-refractivity contribution in [3.8, 4) is 5.75 Å². The molecule has 0 aromatic heterocycles. The molecule has 1 N–H and O–H groups in total. The van der Waals surface area contributed by atoms with Gasteiger partial charge in [-0.2, -0.15) is 0 Å². The second-order valence-electron chi connectivity index (χ2n) is 3.45. The first-order valence-electron chi connectivity index (χ1n) is 5.28. The highest BCUT2D eigenvalue weighted by Crippen LogP contribution is 2.26. The Morgan fingerprint density at radius 2 is 2.12 bits per heavy atom. The molecular weight excluding hydrogens is 209 g/mol. The van der Waals surface area contributed by atoms with E-state index in [9.17, 15) is 4.39 Å². The summed E-state index contributed by atoms with van der Waals surface area (Å²) < 4.78 is 23.5. The summed E-state index contributed by atoms with van der Waals surface area (Å²) in [4.78, 5) is 0. The standard InChI is InChI=1S/C12H18FNO2/c1-4-14-11(8-15-2)10-7-9(13)5-6-12(10)16-3/h5-7,11,14H,4,8H2,1-3H3. The van der Waals surface area contributed by atoms with Gasteiger partial charge in [0.05, 0.1) is 19.8 Å². The molecule has 1 rings (SSSR count). The van der Waals surface area contributed by atoms with E-state index in [0.29, 0.717) is 12.4 Å². The summed E-state index contributed by atoms with van der Waals surface area (Å²) in [5.41, 5.74) is 0.784. The number of nitrogens with one attached hydrogen (secondary N) is 1. The SMILES string of the molecule is CCNC(COC)c1cc(F)ccc1OC. The van der Waals surface area contributed by atoms with Crippen LogP contribution in [0, 0.1) is 5.82 Å². The first kappa shape index (κ1) is 12.9. The van der Waals surface area contributed by atoms with Gasteiger partial charge in [0.25, 0.3) is 0 Å². The molecule has 1 atom stereocenters. The van der Waals surface area contributed by atoms with Crippen molar-refractivity contribution in [1.29, 1.82) is 0 Å². The minimum Gasteiger partial charge on any atom is -0.496 e. The third-order valence-electron chi connectivity index (χ3n) is 2.35. The number of hydrogen-bond acceptors (Lipinski definition) is 3. The fourth-order valence-electron chi connectivity index (χ4n) is 1.65. The zero-order valence-corrected chi connectivity index (χ0v) is 9.92. The van der Waals surface area contributed by atoms with Crippen molar-refractivity contribution < 1.29 is 13.9 Å². The Morgan fingerprint density at radius 1 is 1.38 bits per heavy atom. The van der Waals surface area contributed by atoms with Crippen molar-refractivity contribution in [3.63, 3.8) is 0 Å². The maximum atomic E-state index is 13.2. The summed E-state index contributed by atoms with van der Waals surface area (Å²) in [6.07, 6.45) is 0. The third-order valence-corrected chi connectivity index (χ3v) is 2.35. The van der Waals surface area contributed by atoms with Crippen LogP contribution in [0.25, 0.3) is 0 Å². The summed E-state index contributed by atoms with van der Waals surface area (Å²) in [5, 5.41) is 3.23. The van der Waals surface area contributed by atoms with E-state index >= 15 is 0 Å². The quantitative estimate of drug-likeness (QED) is 0.807. The van der Waals surface area contributed by atoms with Crippen LogP contribution in [0.5, 0.6) is 5.75 Å². The predicted molar refractivity (Wildman–Crippen MR) is 61.2 cm³/mol. The molecule has 1 unspecified atom stereocenters. The van der Waals surface area contributed by atoms with Crippen LogP contribution in [0.1, 0.15) is 18.5 Å². The summed E-state index contributed by atoms with van der Waals surface area (Å²) in [6, 6.07) is 4.44. The van der Waals surface area contributed by atoms with Crippen molar-refractivity contribution in [1.82, 2.24) is 5.32 Å². The number of ether oxygens (including phenoxy) is 2. The normalized spacial score (nSPS) is 12.5. The third kappa shape index (κ3) is 3.18. The van der Waals surface area contributed by atoms with Crippen LogP contribution in [-0.4, -0.2) is 27.4 Å². The maximum absolute atomic E-state index is 13.2. The molecule has 0 aliphatic carbocycles. The molecule has 0 heterocycles. The lowest BCUT2D eigenvalue weighted by atomic mass is 10.1. The van der Waals surface area contributed by atoms with E-state index in [1.54, 1.807) is 20.3 Å². The number of hydrogen-bond donors (Lipinski definition) is 1. The average Bonchev–Trinajstić information content (AvgIpc) is 2.29. The van der Waals surface area contributed by atoms with Crippen LogP contribution in [0.15, 0.2) is 18.2 Å². The Labute approximate surface area is 95.6 Å². The van der Waals surface area contributed by atoms with Crippen LogP contribution in [0.2, 0.25) is 0 Å². The molecule has 1 aromatic rings. The summed E-state index contributed by atoms with van der Waals surface area (Å²) in [7, 11) is 3.20. The van der Waals surface area contributed by atoms with Gasteiger partial charge in [-0.15, -0.1) is 0 Å².